The van der Waals surface area contributed by atoms with Crippen molar-refractivity contribution in [3.8, 4) is 0 Å². The van der Waals surface area contributed by atoms with Gasteiger partial charge in [0.1, 0.15) is 6.73 Å². The Hall–Kier alpha value is -1.03. The van der Waals surface area contributed by atoms with E-state index in [0.29, 0.717) is 6.73 Å². The van der Waals surface area contributed by atoms with Gasteiger partial charge in [-0.15, -0.1) is 0 Å². The van der Waals surface area contributed by atoms with E-state index < -0.39 is 0 Å². The summed E-state index contributed by atoms with van der Waals surface area (Å²) in [5, 5.41) is 2.93. The molecule has 0 aliphatic heterocycles. The average molecular weight is 141 g/mol. The van der Waals surface area contributed by atoms with Crippen LogP contribution in [0.25, 0.3) is 0 Å². The zero-order valence-corrected chi connectivity index (χ0v) is 6.16. The molecule has 0 bridgehead atoms. The topological polar surface area (TPSA) is 39.1 Å². The van der Waals surface area contributed by atoms with Gasteiger partial charge in [0, 0.05) is 26.6 Å². The lowest BCUT2D eigenvalue weighted by molar-refractivity contribution is 0.133. The molecule has 0 aliphatic rings. The van der Waals surface area contributed by atoms with Crippen molar-refractivity contribution in [2.75, 3.05) is 19.5 Å². The van der Waals surface area contributed by atoms with Crippen LogP contribution in [-0.4, -0.2) is 23.7 Å². The van der Waals surface area contributed by atoms with Crippen LogP contribution in [0.15, 0.2) is 12.4 Å². The van der Waals surface area contributed by atoms with Crippen LogP contribution in [0.3, 0.4) is 0 Å². The van der Waals surface area contributed by atoms with Crippen LogP contribution in [0, 0.1) is 0 Å². The third kappa shape index (κ3) is 1.27. The number of nitrogens with zero attached hydrogens (tertiary/aromatic N) is 2. The highest BCUT2D eigenvalue weighted by atomic mass is 16.5. The van der Waals surface area contributed by atoms with Crippen molar-refractivity contribution in [3.63, 3.8) is 0 Å². The predicted molar refractivity (Wildman–Crippen MR) is 38.8 cm³/mol. The van der Waals surface area contributed by atoms with Gasteiger partial charge in [-0.3, -0.25) is 4.57 Å². The van der Waals surface area contributed by atoms with E-state index in [1.807, 2.05) is 17.8 Å². The van der Waals surface area contributed by atoms with Gasteiger partial charge in [-0.1, -0.05) is 0 Å². The molecular weight excluding hydrogens is 130 g/mol. The molecule has 0 saturated carbocycles. The van der Waals surface area contributed by atoms with Crippen molar-refractivity contribution in [1.82, 2.24) is 9.55 Å². The number of methoxy groups -OCH3 is 1. The van der Waals surface area contributed by atoms with E-state index >= 15 is 0 Å². The highest BCUT2D eigenvalue weighted by Crippen LogP contribution is 2.01. The SMILES string of the molecule is CNc1nccn1COC. The number of hydrogen-bond acceptors (Lipinski definition) is 3. The molecule has 0 aromatic carbocycles. The van der Waals surface area contributed by atoms with Crippen LogP contribution in [0.4, 0.5) is 5.95 Å². The van der Waals surface area contributed by atoms with E-state index in [1.165, 1.54) is 0 Å². The largest absolute Gasteiger partial charge is 0.364 e. The Labute approximate surface area is 59.8 Å². The number of hydrogen-bond donors (Lipinski definition) is 1. The van der Waals surface area contributed by atoms with Crippen molar-refractivity contribution in [1.29, 1.82) is 0 Å². The maximum Gasteiger partial charge on any atom is 0.204 e. The van der Waals surface area contributed by atoms with Crippen LogP contribution in [0.1, 0.15) is 0 Å². The highest BCUT2D eigenvalue weighted by molar-refractivity contribution is 5.23. The molecule has 0 aliphatic carbocycles. The minimum atomic E-state index is 0.538. The Bertz CT molecular complexity index is 197. The minimum Gasteiger partial charge on any atom is -0.364 e. The smallest absolute Gasteiger partial charge is 0.204 e. The van der Waals surface area contributed by atoms with E-state index in [1.54, 1.807) is 13.3 Å². The molecule has 4 nitrogen and oxygen atoms in total. The van der Waals surface area contributed by atoms with Crippen LogP contribution < -0.4 is 5.32 Å². The minimum absolute atomic E-state index is 0.538. The lowest BCUT2D eigenvalue weighted by Crippen LogP contribution is -2.03. The summed E-state index contributed by atoms with van der Waals surface area (Å²) >= 11 is 0. The maximum atomic E-state index is 4.91. The van der Waals surface area contributed by atoms with Crippen LogP contribution in [0.2, 0.25) is 0 Å². The van der Waals surface area contributed by atoms with Gasteiger partial charge >= 0.3 is 0 Å². The molecule has 1 aromatic heterocycles. The summed E-state index contributed by atoms with van der Waals surface area (Å²) < 4.78 is 6.79. The molecule has 0 saturated heterocycles. The van der Waals surface area contributed by atoms with E-state index in [9.17, 15) is 0 Å². The van der Waals surface area contributed by atoms with Gasteiger partial charge in [-0.05, 0) is 0 Å². The summed E-state index contributed by atoms with van der Waals surface area (Å²) in [6.45, 7) is 0.538. The molecule has 10 heavy (non-hydrogen) atoms. The summed E-state index contributed by atoms with van der Waals surface area (Å²) in [5.74, 6) is 0.821. The Morgan fingerprint density at radius 1 is 1.80 bits per heavy atom. The third-order valence-corrected chi connectivity index (χ3v) is 1.21. The standard InChI is InChI=1S/C6H11N3O/c1-7-6-8-3-4-9(6)5-10-2/h3-4H,5H2,1-2H3,(H,7,8). The first-order chi connectivity index (χ1) is 4.88. The van der Waals surface area contributed by atoms with E-state index in [2.05, 4.69) is 10.3 Å². The first-order valence-electron chi connectivity index (χ1n) is 3.06. The highest BCUT2D eigenvalue weighted by Gasteiger charge is 1.95. The summed E-state index contributed by atoms with van der Waals surface area (Å²) in [6.07, 6.45) is 3.58. The van der Waals surface area contributed by atoms with Crippen LogP contribution >= 0.6 is 0 Å². The molecule has 0 spiro atoms. The van der Waals surface area contributed by atoms with Gasteiger partial charge < -0.3 is 10.1 Å². The second-order valence-electron chi connectivity index (χ2n) is 1.89. The Balaban J connectivity index is 2.70. The van der Waals surface area contributed by atoms with Gasteiger partial charge in [0.05, 0.1) is 0 Å². The fraction of sp³-hybridized carbons (Fsp3) is 0.500. The van der Waals surface area contributed by atoms with E-state index in [4.69, 9.17) is 4.74 Å². The maximum absolute atomic E-state index is 4.91. The fourth-order valence-corrected chi connectivity index (χ4v) is 0.781. The molecule has 1 N–H and O–H groups in total. The number of imidazole rings is 1. The Morgan fingerprint density at radius 2 is 2.60 bits per heavy atom. The van der Waals surface area contributed by atoms with Gasteiger partial charge in [0.25, 0.3) is 0 Å². The Kier molecular flexibility index (Phi) is 2.28. The molecule has 4 heteroatoms. The number of aromatic nitrogens is 2. The van der Waals surface area contributed by atoms with Gasteiger partial charge in [0.2, 0.25) is 5.95 Å². The number of anilines is 1. The average Bonchev–Trinajstić information content (AvgIpc) is 2.36. The summed E-state index contributed by atoms with van der Waals surface area (Å²) in [7, 11) is 3.48. The molecule has 1 aromatic rings. The zero-order chi connectivity index (χ0) is 7.40. The summed E-state index contributed by atoms with van der Waals surface area (Å²) in [5.41, 5.74) is 0. The third-order valence-electron chi connectivity index (χ3n) is 1.21. The van der Waals surface area contributed by atoms with Crippen LogP contribution in [0.5, 0.6) is 0 Å². The van der Waals surface area contributed by atoms with Crippen LogP contribution in [-0.2, 0) is 11.5 Å². The lowest BCUT2D eigenvalue weighted by Gasteiger charge is -2.03. The van der Waals surface area contributed by atoms with Gasteiger partial charge in [-0.2, -0.15) is 0 Å². The van der Waals surface area contributed by atoms with Crippen molar-refractivity contribution < 1.29 is 4.74 Å². The fourth-order valence-electron chi connectivity index (χ4n) is 0.781. The molecule has 0 atom stereocenters. The number of rotatable bonds is 3. The van der Waals surface area contributed by atoms with Crippen molar-refractivity contribution in [3.05, 3.63) is 12.4 Å². The second kappa shape index (κ2) is 3.22. The molecule has 1 heterocycles. The van der Waals surface area contributed by atoms with Gasteiger partial charge in [0.15, 0.2) is 0 Å². The van der Waals surface area contributed by atoms with E-state index in [-0.39, 0.29) is 0 Å². The lowest BCUT2D eigenvalue weighted by atomic mass is 10.9. The number of ether oxygens (including phenoxy) is 1. The molecule has 0 radical (unpaired) electrons. The summed E-state index contributed by atoms with van der Waals surface area (Å²) in [6, 6.07) is 0. The molecular formula is C6H11N3O. The van der Waals surface area contributed by atoms with Gasteiger partial charge in [-0.25, -0.2) is 4.98 Å². The first-order valence-corrected chi connectivity index (χ1v) is 3.06. The normalized spacial score (nSPS) is 9.80. The molecule has 0 amide bonds. The summed E-state index contributed by atoms with van der Waals surface area (Å²) in [4.78, 5) is 4.03. The monoisotopic (exact) mass is 141 g/mol. The zero-order valence-electron chi connectivity index (χ0n) is 6.16. The predicted octanol–water partition coefficient (Wildman–Crippen LogP) is 0.529. The van der Waals surface area contributed by atoms with E-state index in [0.717, 1.165) is 5.95 Å². The Morgan fingerprint density at radius 3 is 3.20 bits per heavy atom. The quantitative estimate of drug-likeness (QED) is 0.667. The van der Waals surface area contributed by atoms with Crippen molar-refractivity contribution in [2.24, 2.45) is 0 Å². The molecule has 1 rings (SSSR count). The first kappa shape index (κ1) is 7.08. The number of nitrogens with one attached hydrogen (secondary N) is 1. The molecule has 56 valence electrons. The second-order valence-corrected chi connectivity index (χ2v) is 1.89. The van der Waals surface area contributed by atoms with Crippen molar-refractivity contribution >= 4 is 5.95 Å². The van der Waals surface area contributed by atoms with Crippen molar-refractivity contribution in [2.45, 2.75) is 6.73 Å². The molecule has 0 unspecified atom stereocenters. The molecule has 0 fully saturated rings.